The van der Waals surface area contributed by atoms with Crippen LogP contribution in [0.25, 0.3) is 17.0 Å². The van der Waals surface area contributed by atoms with Gasteiger partial charge in [0.15, 0.2) is 0 Å². The number of carboxylic acids is 1. The molecule has 6 nitrogen and oxygen atoms in total. The third kappa shape index (κ3) is 4.20. The number of carboxylic acid groups (broad SMARTS) is 1. The van der Waals surface area contributed by atoms with E-state index in [1.165, 1.54) is 0 Å². The van der Waals surface area contributed by atoms with Gasteiger partial charge in [-0.2, -0.15) is 0 Å². The van der Waals surface area contributed by atoms with Crippen LogP contribution in [0.2, 0.25) is 0 Å². The van der Waals surface area contributed by atoms with Crippen LogP contribution in [0.4, 0.5) is 0 Å². The molecule has 140 valence electrons. The van der Waals surface area contributed by atoms with E-state index in [4.69, 9.17) is 9.84 Å². The number of benzene rings is 1. The first-order valence-electron chi connectivity index (χ1n) is 8.79. The molecule has 0 saturated heterocycles. The number of fused-ring (bicyclic) bond motifs is 1. The van der Waals surface area contributed by atoms with Gasteiger partial charge in [0, 0.05) is 18.5 Å². The number of hydrogen-bond acceptors (Lipinski definition) is 4. The Morgan fingerprint density at radius 2 is 2.08 bits per heavy atom. The lowest BCUT2D eigenvalue weighted by Gasteiger charge is -2.16. The summed E-state index contributed by atoms with van der Waals surface area (Å²) in [7, 11) is 0. The standard InChI is InChI=1S/C20H25NO5/c1-3-6-17-18(20(24)25)19(23)15-13-14(7-5-11-26-12-10-22)8-9-16(15)21(17)4-2/h3,6,8-9,13,22H,4-5,7,10-12H2,1-2H3,(H,24,25). The Morgan fingerprint density at radius 1 is 1.31 bits per heavy atom. The minimum absolute atomic E-state index is 0.000953. The molecule has 1 aromatic carbocycles. The smallest absolute Gasteiger partial charge is 0.341 e. The third-order valence-corrected chi connectivity index (χ3v) is 4.21. The van der Waals surface area contributed by atoms with Crippen molar-refractivity contribution < 1.29 is 19.7 Å². The Morgan fingerprint density at radius 3 is 2.69 bits per heavy atom. The fourth-order valence-corrected chi connectivity index (χ4v) is 3.10. The van der Waals surface area contributed by atoms with Gasteiger partial charge in [-0.15, -0.1) is 0 Å². The van der Waals surface area contributed by atoms with Gasteiger partial charge in [-0.1, -0.05) is 12.1 Å². The van der Waals surface area contributed by atoms with Crippen LogP contribution in [0.1, 0.15) is 41.9 Å². The predicted octanol–water partition coefficient (Wildman–Crippen LogP) is 2.69. The van der Waals surface area contributed by atoms with Crippen molar-refractivity contribution in [1.82, 2.24) is 4.57 Å². The molecule has 0 radical (unpaired) electrons. The second-order valence-corrected chi connectivity index (χ2v) is 5.93. The van der Waals surface area contributed by atoms with Crippen LogP contribution in [-0.4, -0.2) is 40.6 Å². The summed E-state index contributed by atoms with van der Waals surface area (Å²) < 4.78 is 7.10. The Kier molecular flexibility index (Phi) is 7.12. The largest absolute Gasteiger partial charge is 0.477 e. The number of nitrogens with zero attached hydrogens (tertiary/aromatic N) is 1. The summed E-state index contributed by atoms with van der Waals surface area (Å²) in [6.07, 6.45) is 4.88. The average molecular weight is 359 g/mol. The molecular formula is C20H25NO5. The highest BCUT2D eigenvalue weighted by atomic mass is 16.5. The van der Waals surface area contributed by atoms with Gasteiger partial charge in [-0.05, 0) is 50.5 Å². The SMILES string of the molecule is CC=Cc1c(C(=O)O)c(=O)c2cc(CCCOCCO)ccc2n1CC. The minimum Gasteiger partial charge on any atom is -0.477 e. The number of aliphatic hydroxyl groups excluding tert-OH is 1. The predicted molar refractivity (Wildman–Crippen MR) is 102 cm³/mol. The Bertz CT molecular complexity index is 867. The molecule has 6 heteroatoms. The number of aromatic nitrogens is 1. The molecule has 26 heavy (non-hydrogen) atoms. The van der Waals surface area contributed by atoms with Gasteiger partial charge in [0.25, 0.3) is 0 Å². The second-order valence-electron chi connectivity index (χ2n) is 5.93. The molecule has 1 heterocycles. The quantitative estimate of drug-likeness (QED) is 0.672. The fourth-order valence-electron chi connectivity index (χ4n) is 3.10. The Hall–Kier alpha value is -2.44. The van der Waals surface area contributed by atoms with Gasteiger partial charge >= 0.3 is 5.97 Å². The normalized spacial score (nSPS) is 11.5. The van der Waals surface area contributed by atoms with Crippen molar-refractivity contribution in [2.45, 2.75) is 33.2 Å². The van der Waals surface area contributed by atoms with Crippen molar-refractivity contribution in [1.29, 1.82) is 0 Å². The van der Waals surface area contributed by atoms with E-state index >= 15 is 0 Å². The van der Waals surface area contributed by atoms with Crippen LogP contribution in [0.15, 0.2) is 29.1 Å². The highest BCUT2D eigenvalue weighted by Gasteiger charge is 2.20. The van der Waals surface area contributed by atoms with E-state index in [1.807, 2.05) is 23.6 Å². The van der Waals surface area contributed by atoms with Crippen molar-refractivity contribution >= 4 is 22.9 Å². The molecule has 0 amide bonds. The minimum atomic E-state index is -1.21. The van der Waals surface area contributed by atoms with E-state index in [-0.39, 0.29) is 12.2 Å². The molecule has 0 aliphatic rings. The highest BCUT2D eigenvalue weighted by molar-refractivity contribution is 5.96. The molecule has 0 atom stereocenters. The zero-order valence-electron chi connectivity index (χ0n) is 15.2. The van der Waals surface area contributed by atoms with Crippen molar-refractivity contribution in [3.63, 3.8) is 0 Å². The summed E-state index contributed by atoms with van der Waals surface area (Å²) >= 11 is 0. The molecule has 1 aromatic heterocycles. The van der Waals surface area contributed by atoms with Crippen molar-refractivity contribution in [2.75, 3.05) is 19.8 Å². The van der Waals surface area contributed by atoms with Gasteiger partial charge < -0.3 is 19.5 Å². The molecule has 0 spiro atoms. The maximum absolute atomic E-state index is 12.8. The lowest BCUT2D eigenvalue weighted by atomic mass is 10.0. The summed E-state index contributed by atoms with van der Waals surface area (Å²) in [5, 5.41) is 18.7. The number of hydrogen-bond donors (Lipinski definition) is 2. The van der Waals surface area contributed by atoms with Crippen molar-refractivity contribution in [3.05, 3.63) is 51.3 Å². The van der Waals surface area contributed by atoms with Crippen LogP contribution < -0.4 is 5.43 Å². The van der Waals surface area contributed by atoms with E-state index in [0.717, 1.165) is 17.5 Å². The molecule has 2 aromatic rings. The zero-order chi connectivity index (χ0) is 19.1. The lowest BCUT2D eigenvalue weighted by molar-refractivity contribution is 0.0694. The molecule has 2 N–H and O–H groups in total. The summed E-state index contributed by atoms with van der Waals surface area (Å²) in [5.74, 6) is -1.21. The first kappa shape index (κ1) is 19.9. The van der Waals surface area contributed by atoms with Crippen molar-refractivity contribution in [2.24, 2.45) is 0 Å². The van der Waals surface area contributed by atoms with E-state index in [9.17, 15) is 14.7 Å². The van der Waals surface area contributed by atoms with Crippen LogP contribution in [0.5, 0.6) is 0 Å². The zero-order valence-corrected chi connectivity index (χ0v) is 15.2. The first-order chi connectivity index (χ1) is 12.5. The van der Waals surface area contributed by atoms with E-state index < -0.39 is 11.4 Å². The molecule has 0 fully saturated rings. The number of aryl methyl sites for hydroxylation is 2. The van der Waals surface area contributed by atoms with Crippen LogP contribution in [0.3, 0.4) is 0 Å². The average Bonchev–Trinajstić information content (AvgIpc) is 2.62. The van der Waals surface area contributed by atoms with Gasteiger partial charge in [0.05, 0.1) is 24.4 Å². The number of aliphatic hydroxyl groups is 1. The van der Waals surface area contributed by atoms with Crippen LogP contribution in [-0.2, 0) is 17.7 Å². The summed E-state index contributed by atoms with van der Waals surface area (Å²) in [4.78, 5) is 24.5. The summed E-state index contributed by atoms with van der Waals surface area (Å²) in [6.45, 7) is 5.12. The number of allylic oxidation sites excluding steroid dienone is 1. The maximum Gasteiger partial charge on any atom is 0.341 e. The number of aromatic carboxylic acids is 1. The van der Waals surface area contributed by atoms with E-state index in [2.05, 4.69) is 0 Å². The van der Waals surface area contributed by atoms with Gasteiger partial charge in [0.2, 0.25) is 5.43 Å². The summed E-state index contributed by atoms with van der Waals surface area (Å²) in [5.41, 5.74) is 1.46. The van der Waals surface area contributed by atoms with Crippen molar-refractivity contribution in [3.8, 4) is 0 Å². The lowest BCUT2D eigenvalue weighted by Crippen LogP contribution is -2.22. The second kappa shape index (κ2) is 9.31. The maximum atomic E-state index is 12.8. The summed E-state index contributed by atoms with van der Waals surface area (Å²) in [6, 6.07) is 5.62. The number of carbonyl (C=O) groups is 1. The first-order valence-corrected chi connectivity index (χ1v) is 8.79. The third-order valence-electron chi connectivity index (χ3n) is 4.21. The van der Waals surface area contributed by atoms with Gasteiger partial charge in [0.1, 0.15) is 5.56 Å². The topological polar surface area (TPSA) is 88.8 Å². The van der Waals surface area contributed by atoms with E-state index in [1.54, 1.807) is 25.1 Å². The van der Waals surface area contributed by atoms with Gasteiger partial charge in [-0.25, -0.2) is 4.79 Å². The molecular weight excluding hydrogens is 334 g/mol. The molecule has 0 saturated carbocycles. The molecule has 0 aliphatic carbocycles. The molecule has 0 unspecified atom stereocenters. The molecule has 2 rings (SSSR count). The molecule has 0 bridgehead atoms. The van der Waals surface area contributed by atoms with Crippen LogP contribution >= 0.6 is 0 Å². The monoisotopic (exact) mass is 359 g/mol. The number of rotatable bonds is 9. The number of pyridine rings is 1. The fraction of sp³-hybridized carbons (Fsp3) is 0.400. The Labute approximate surface area is 152 Å². The molecule has 0 aliphatic heterocycles. The van der Waals surface area contributed by atoms with Gasteiger partial charge in [-0.3, -0.25) is 4.79 Å². The van der Waals surface area contributed by atoms with Crippen LogP contribution in [0, 0.1) is 0 Å². The Balaban J connectivity index is 2.51. The number of ether oxygens (including phenoxy) is 1. The highest BCUT2D eigenvalue weighted by Crippen LogP contribution is 2.20. The van der Waals surface area contributed by atoms with E-state index in [0.29, 0.717) is 37.3 Å².